The van der Waals surface area contributed by atoms with E-state index in [-0.39, 0.29) is 17.1 Å². The van der Waals surface area contributed by atoms with Gasteiger partial charge in [-0.25, -0.2) is 16.8 Å². The Balaban J connectivity index is 2.11. The van der Waals surface area contributed by atoms with Crippen LogP contribution in [0.5, 0.6) is 0 Å². The number of hydrogen-bond donors (Lipinski definition) is 1. The highest BCUT2D eigenvalue weighted by Gasteiger charge is 2.22. The Kier molecular flexibility index (Phi) is 5.00. The lowest BCUT2D eigenvalue weighted by atomic mass is 10.2. The molecule has 0 heterocycles. The van der Waals surface area contributed by atoms with Gasteiger partial charge in [0.1, 0.15) is 0 Å². The van der Waals surface area contributed by atoms with Crippen LogP contribution in [0.1, 0.15) is 11.1 Å². The van der Waals surface area contributed by atoms with E-state index in [4.69, 9.17) is 0 Å². The van der Waals surface area contributed by atoms with E-state index in [0.29, 0.717) is 0 Å². The van der Waals surface area contributed by atoms with E-state index in [2.05, 4.69) is 0 Å². The Labute approximate surface area is 131 Å². The van der Waals surface area contributed by atoms with E-state index < -0.39 is 20.0 Å². The summed E-state index contributed by atoms with van der Waals surface area (Å²) in [6.07, 6.45) is 0.250. The molecule has 0 saturated carbocycles. The first-order chi connectivity index (χ1) is 10.3. The van der Waals surface area contributed by atoms with Gasteiger partial charge in [-0.1, -0.05) is 42.5 Å². The highest BCUT2D eigenvalue weighted by atomic mass is 32.3. The van der Waals surface area contributed by atoms with Crippen molar-refractivity contribution in [3.8, 4) is 0 Å². The molecule has 0 fully saturated rings. The lowest BCUT2D eigenvalue weighted by Crippen LogP contribution is -2.33. The van der Waals surface area contributed by atoms with Crippen LogP contribution < -0.4 is 4.13 Å². The van der Waals surface area contributed by atoms with Crippen molar-refractivity contribution in [1.82, 2.24) is 4.13 Å². The molecule has 0 aliphatic rings. The van der Waals surface area contributed by atoms with Gasteiger partial charge in [-0.15, -0.1) is 4.13 Å². The average Bonchev–Trinajstić information content (AvgIpc) is 2.45. The summed E-state index contributed by atoms with van der Waals surface area (Å²) < 4.78 is 50.0. The standard InChI is InChI=1S/C15H17NO4S2/c1-13-6-5-9-15(12-13)22(19,20)16-21(17,18)11-10-14-7-3-2-4-8-14/h2-9,12,16H,10-11H2,1H3. The summed E-state index contributed by atoms with van der Waals surface area (Å²) in [6.45, 7) is 1.74. The van der Waals surface area contributed by atoms with Gasteiger partial charge in [-0.05, 0) is 36.6 Å². The maximum Gasteiger partial charge on any atom is 0.253 e. The van der Waals surface area contributed by atoms with Crippen molar-refractivity contribution in [3.63, 3.8) is 0 Å². The molecule has 2 aromatic rings. The number of aryl methyl sites for hydroxylation is 2. The largest absolute Gasteiger partial charge is 0.253 e. The van der Waals surface area contributed by atoms with Crippen LogP contribution in [0.15, 0.2) is 59.5 Å². The zero-order valence-electron chi connectivity index (χ0n) is 12.1. The highest BCUT2D eigenvalue weighted by molar-refractivity contribution is 8.04. The van der Waals surface area contributed by atoms with Gasteiger partial charge in [0.05, 0.1) is 10.6 Å². The van der Waals surface area contributed by atoms with E-state index in [1.807, 2.05) is 6.07 Å². The molecule has 118 valence electrons. The summed E-state index contributed by atoms with van der Waals surface area (Å²) in [7, 11) is -8.02. The first-order valence-corrected chi connectivity index (χ1v) is 9.79. The third-order valence-electron chi connectivity index (χ3n) is 3.04. The van der Waals surface area contributed by atoms with Gasteiger partial charge in [0.2, 0.25) is 10.0 Å². The van der Waals surface area contributed by atoms with Gasteiger partial charge >= 0.3 is 0 Å². The fourth-order valence-electron chi connectivity index (χ4n) is 1.94. The lowest BCUT2D eigenvalue weighted by molar-refractivity contribution is 0.576. The first-order valence-electron chi connectivity index (χ1n) is 6.65. The number of benzene rings is 2. The SMILES string of the molecule is Cc1cccc(S(=O)(=O)NS(=O)(=O)CCc2ccccc2)c1. The van der Waals surface area contributed by atoms with Crippen molar-refractivity contribution in [3.05, 3.63) is 65.7 Å². The molecule has 0 atom stereocenters. The van der Waals surface area contributed by atoms with E-state index in [1.165, 1.54) is 12.1 Å². The van der Waals surface area contributed by atoms with E-state index in [1.54, 1.807) is 47.4 Å². The maximum atomic E-state index is 12.1. The van der Waals surface area contributed by atoms with E-state index in [9.17, 15) is 16.8 Å². The summed E-state index contributed by atoms with van der Waals surface area (Å²) in [5, 5.41) is 0. The van der Waals surface area contributed by atoms with E-state index in [0.717, 1.165) is 11.1 Å². The van der Waals surface area contributed by atoms with Crippen LogP contribution in [0.3, 0.4) is 0 Å². The van der Waals surface area contributed by atoms with Crippen molar-refractivity contribution in [2.45, 2.75) is 18.2 Å². The van der Waals surface area contributed by atoms with Crippen LogP contribution >= 0.6 is 0 Å². The van der Waals surface area contributed by atoms with Crippen LogP contribution in [0.2, 0.25) is 0 Å². The summed E-state index contributed by atoms with van der Waals surface area (Å²) in [4.78, 5) is -0.0595. The van der Waals surface area contributed by atoms with Crippen LogP contribution in [-0.2, 0) is 26.5 Å². The monoisotopic (exact) mass is 339 g/mol. The van der Waals surface area contributed by atoms with Crippen molar-refractivity contribution in [2.24, 2.45) is 0 Å². The molecule has 0 unspecified atom stereocenters. The second-order valence-electron chi connectivity index (χ2n) is 4.96. The number of rotatable bonds is 6. The summed E-state index contributed by atoms with van der Waals surface area (Å²) >= 11 is 0. The van der Waals surface area contributed by atoms with Crippen LogP contribution in [0.4, 0.5) is 0 Å². The Morgan fingerprint density at radius 2 is 1.59 bits per heavy atom. The quantitative estimate of drug-likeness (QED) is 0.871. The molecule has 7 heteroatoms. The predicted octanol–water partition coefficient (Wildman–Crippen LogP) is 1.85. The zero-order valence-corrected chi connectivity index (χ0v) is 13.7. The first kappa shape index (κ1) is 16.7. The maximum absolute atomic E-state index is 12.1. The number of nitrogens with one attached hydrogen (secondary N) is 1. The second-order valence-corrected chi connectivity index (χ2v) is 8.74. The third kappa shape index (κ3) is 4.66. The molecule has 22 heavy (non-hydrogen) atoms. The molecule has 0 aliphatic carbocycles. The Hall–Kier alpha value is -1.70. The molecular formula is C15H17NO4S2. The minimum absolute atomic E-state index is 0.0595. The van der Waals surface area contributed by atoms with Crippen molar-refractivity contribution in [2.75, 3.05) is 5.75 Å². The fraction of sp³-hybridized carbons (Fsp3) is 0.200. The summed E-state index contributed by atoms with van der Waals surface area (Å²) in [6, 6.07) is 15.1. The second kappa shape index (κ2) is 6.60. The third-order valence-corrected chi connectivity index (χ3v) is 6.55. The molecule has 0 spiro atoms. The van der Waals surface area contributed by atoms with Gasteiger partial charge < -0.3 is 0 Å². The molecule has 0 amide bonds. The topological polar surface area (TPSA) is 80.3 Å². The summed E-state index contributed by atoms with van der Waals surface area (Å²) in [5.41, 5.74) is 1.57. The van der Waals surface area contributed by atoms with Crippen molar-refractivity contribution < 1.29 is 16.8 Å². The Bertz CT molecular complexity index is 844. The smallest absolute Gasteiger partial charge is 0.211 e. The molecule has 0 aliphatic heterocycles. The minimum atomic E-state index is -4.08. The van der Waals surface area contributed by atoms with Crippen LogP contribution in [0.25, 0.3) is 0 Å². The average molecular weight is 339 g/mol. The fourth-order valence-corrected chi connectivity index (χ4v) is 5.09. The Morgan fingerprint density at radius 3 is 2.23 bits per heavy atom. The van der Waals surface area contributed by atoms with Gasteiger partial charge in [-0.3, -0.25) is 0 Å². The number of hydrogen-bond acceptors (Lipinski definition) is 4. The molecule has 0 saturated heterocycles. The predicted molar refractivity (Wildman–Crippen MR) is 85.4 cm³/mol. The molecular weight excluding hydrogens is 322 g/mol. The summed E-state index contributed by atoms with van der Waals surface area (Å²) in [5.74, 6) is -0.290. The normalized spacial score (nSPS) is 12.2. The molecule has 1 N–H and O–H groups in total. The number of sulfonamides is 2. The molecule has 0 bridgehead atoms. The van der Waals surface area contributed by atoms with Gasteiger partial charge in [0.25, 0.3) is 10.0 Å². The lowest BCUT2D eigenvalue weighted by Gasteiger charge is -2.08. The van der Waals surface area contributed by atoms with Crippen LogP contribution in [0, 0.1) is 6.92 Å². The van der Waals surface area contributed by atoms with Crippen molar-refractivity contribution in [1.29, 1.82) is 0 Å². The molecule has 5 nitrogen and oxygen atoms in total. The minimum Gasteiger partial charge on any atom is -0.211 e. The van der Waals surface area contributed by atoms with Gasteiger partial charge in [0, 0.05) is 0 Å². The van der Waals surface area contributed by atoms with Crippen molar-refractivity contribution >= 4 is 20.0 Å². The van der Waals surface area contributed by atoms with Gasteiger partial charge in [0.15, 0.2) is 0 Å². The molecule has 2 aromatic carbocycles. The molecule has 0 radical (unpaired) electrons. The molecule has 2 rings (SSSR count). The van der Waals surface area contributed by atoms with Gasteiger partial charge in [-0.2, -0.15) is 0 Å². The Morgan fingerprint density at radius 1 is 0.909 bits per heavy atom. The molecule has 0 aromatic heterocycles. The highest BCUT2D eigenvalue weighted by Crippen LogP contribution is 2.12. The zero-order chi connectivity index (χ0) is 16.2. The van der Waals surface area contributed by atoms with Crippen LogP contribution in [-0.4, -0.2) is 22.6 Å². The van der Waals surface area contributed by atoms with E-state index >= 15 is 0 Å².